The minimum absolute atomic E-state index is 0.115. The van der Waals surface area contributed by atoms with Crippen molar-refractivity contribution >= 4 is 17.8 Å². The zero-order valence-electron chi connectivity index (χ0n) is 20.2. The van der Waals surface area contributed by atoms with E-state index in [0.29, 0.717) is 23.4 Å². The Morgan fingerprint density at radius 1 is 0.947 bits per heavy atom. The molecular weight excluding hydrogens is 528 g/mol. The molecule has 0 bridgehead atoms. The fourth-order valence-electron chi connectivity index (χ4n) is 4.18. The van der Waals surface area contributed by atoms with E-state index in [0.717, 1.165) is 43.9 Å². The number of aryl methyl sites for hydroxylation is 2. The fourth-order valence-corrected chi connectivity index (χ4v) is 4.18. The van der Waals surface area contributed by atoms with Crippen molar-refractivity contribution in [3.8, 4) is 0 Å². The lowest BCUT2D eigenvalue weighted by Crippen LogP contribution is -2.39. The average Bonchev–Trinajstić information content (AvgIpc) is 3.51. The van der Waals surface area contributed by atoms with Crippen LogP contribution in [0.3, 0.4) is 0 Å². The second kappa shape index (κ2) is 12.3. The van der Waals surface area contributed by atoms with Gasteiger partial charge in [-0.05, 0) is 44.9 Å². The monoisotopic (exact) mass is 553 g/mol. The van der Waals surface area contributed by atoms with Crippen molar-refractivity contribution in [1.29, 1.82) is 0 Å². The molecule has 2 aliphatic heterocycles. The van der Waals surface area contributed by atoms with Gasteiger partial charge >= 0.3 is 24.3 Å². The van der Waals surface area contributed by atoms with Crippen LogP contribution in [0.15, 0.2) is 34.9 Å². The van der Waals surface area contributed by atoms with Gasteiger partial charge in [0, 0.05) is 37.4 Å². The molecule has 2 aromatic heterocycles. The standard InChI is InChI=1S/C19H23N3O2.2C2HF3O2/c1-13-4-3-5-15(20-13)12-21-9-6-18-17(21)7-10-22(18)19(23)16-8-11-24-14(16)2;2*3-2(4,5)1(6)7/h3-5,8,11,17-18H,6-7,9-10,12H2,1-2H3;2*(H,6,7)/t17-,18+;;/m0../s1. The number of hydrogen-bond acceptors (Lipinski definition) is 6. The van der Waals surface area contributed by atoms with Crippen LogP contribution in [0.2, 0.25) is 0 Å². The van der Waals surface area contributed by atoms with Crippen LogP contribution in [-0.2, 0) is 16.1 Å². The summed E-state index contributed by atoms with van der Waals surface area (Å²) in [7, 11) is 0. The van der Waals surface area contributed by atoms with Crippen LogP contribution < -0.4 is 0 Å². The van der Waals surface area contributed by atoms with Crippen LogP contribution in [0.4, 0.5) is 26.3 Å². The summed E-state index contributed by atoms with van der Waals surface area (Å²) in [6.45, 7) is 6.61. The maximum atomic E-state index is 12.8. The van der Waals surface area contributed by atoms with E-state index < -0.39 is 24.3 Å². The Hall–Kier alpha value is -3.62. The van der Waals surface area contributed by atoms with E-state index in [4.69, 9.17) is 24.2 Å². The molecule has 2 fully saturated rings. The Morgan fingerprint density at radius 3 is 1.97 bits per heavy atom. The van der Waals surface area contributed by atoms with Gasteiger partial charge in [0.15, 0.2) is 0 Å². The van der Waals surface area contributed by atoms with E-state index in [1.807, 2.05) is 24.8 Å². The van der Waals surface area contributed by atoms with Gasteiger partial charge in [0.1, 0.15) is 5.76 Å². The maximum Gasteiger partial charge on any atom is 0.490 e. The van der Waals surface area contributed by atoms with Crippen molar-refractivity contribution < 1.29 is 55.4 Å². The number of furan rings is 1. The highest BCUT2D eigenvalue weighted by atomic mass is 19.4. The topological polar surface area (TPSA) is 124 Å². The van der Waals surface area contributed by atoms with Gasteiger partial charge in [-0.1, -0.05) is 6.07 Å². The predicted molar refractivity (Wildman–Crippen MR) is 118 cm³/mol. The molecule has 210 valence electrons. The number of halogens is 6. The first-order valence-corrected chi connectivity index (χ1v) is 11.1. The number of carboxylic acids is 2. The third kappa shape index (κ3) is 8.19. The molecule has 0 aromatic carbocycles. The number of nitrogens with zero attached hydrogens (tertiary/aromatic N) is 3. The Kier molecular flexibility index (Phi) is 9.89. The van der Waals surface area contributed by atoms with Crippen LogP contribution in [0, 0.1) is 13.8 Å². The zero-order valence-corrected chi connectivity index (χ0v) is 20.2. The lowest BCUT2D eigenvalue weighted by Gasteiger charge is -2.25. The molecule has 0 radical (unpaired) electrons. The van der Waals surface area contributed by atoms with Crippen molar-refractivity contribution in [2.75, 3.05) is 13.1 Å². The van der Waals surface area contributed by atoms with Gasteiger partial charge in [0.25, 0.3) is 5.91 Å². The largest absolute Gasteiger partial charge is 0.490 e. The van der Waals surface area contributed by atoms with Crippen molar-refractivity contribution in [2.45, 2.75) is 57.7 Å². The molecule has 2 saturated heterocycles. The second-order valence-electron chi connectivity index (χ2n) is 8.45. The third-order valence-electron chi connectivity index (χ3n) is 5.84. The fraction of sp³-hybridized carbons (Fsp3) is 0.478. The molecule has 1 amide bonds. The van der Waals surface area contributed by atoms with Crippen LogP contribution in [0.25, 0.3) is 0 Å². The number of amides is 1. The molecule has 38 heavy (non-hydrogen) atoms. The first-order chi connectivity index (χ1) is 17.5. The van der Waals surface area contributed by atoms with Crippen molar-refractivity contribution in [3.63, 3.8) is 0 Å². The number of rotatable bonds is 3. The Bertz CT molecular complexity index is 1110. The summed E-state index contributed by atoms with van der Waals surface area (Å²) >= 11 is 0. The first-order valence-electron chi connectivity index (χ1n) is 11.1. The predicted octanol–water partition coefficient (Wildman–Crippen LogP) is 4.05. The summed E-state index contributed by atoms with van der Waals surface area (Å²) in [5.74, 6) is -4.69. The number of aromatic nitrogens is 1. The first kappa shape index (κ1) is 30.6. The molecule has 0 saturated carbocycles. The van der Waals surface area contributed by atoms with Gasteiger partial charge in [0.05, 0.1) is 17.5 Å². The molecule has 0 unspecified atom stereocenters. The van der Waals surface area contributed by atoms with Crippen LogP contribution >= 0.6 is 0 Å². The number of carboxylic acid groups (broad SMARTS) is 2. The number of aliphatic carboxylic acids is 2. The minimum atomic E-state index is -5.08. The van der Waals surface area contributed by atoms with Gasteiger partial charge in [-0.2, -0.15) is 26.3 Å². The molecule has 4 rings (SSSR count). The highest BCUT2D eigenvalue weighted by Gasteiger charge is 2.45. The molecule has 2 N–H and O–H groups in total. The summed E-state index contributed by atoms with van der Waals surface area (Å²) in [4.78, 5) is 39.8. The Balaban J connectivity index is 0.000000301. The molecule has 0 spiro atoms. The molecule has 9 nitrogen and oxygen atoms in total. The number of carbonyl (C=O) groups is 3. The zero-order chi connectivity index (χ0) is 28.8. The average molecular weight is 553 g/mol. The van der Waals surface area contributed by atoms with E-state index in [9.17, 15) is 31.1 Å². The van der Waals surface area contributed by atoms with E-state index in [-0.39, 0.29) is 5.91 Å². The van der Waals surface area contributed by atoms with E-state index >= 15 is 0 Å². The highest BCUT2D eigenvalue weighted by molar-refractivity contribution is 5.95. The van der Waals surface area contributed by atoms with E-state index in [1.165, 1.54) is 0 Å². The van der Waals surface area contributed by atoms with Gasteiger partial charge in [-0.3, -0.25) is 14.7 Å². The van der Waals surface area contributed by atoms with Gasteiger partial charge < -0.3 is 19.5 Å². The highest BCUT2D eigenvalue weighted by Crippen LogP contribution is 2.34. The van der Waals surface area contributed by atoms with Crippen molar-refractivity contribution in [2.24, 2.45) is 0 Å². The Morgan fingerprint density at radius 2 is 1.50 bits per heavy atom. The molecule has 0 aliphatic carbocycles. The summed E-state index contributed by atoms with van der Waals surface area (Å²) in [5, 5.41) is 14.2. The Labute approximate surface area is 212 Å². The van der Waals surface area contributed by atoms with Crippen LogP contribution in [0.5, 0.6) is 0 Å². The number of pyridine rings is 1. The van der Waals surface area contributed by atoms with E-state index in [1.54, 1.807) is 12.3 Å². The molecule has 2 aliphatic rings. The van der Waals surface area contributed by atoms with Crippen molar-refractivity contribution in [3.05, 3.63) is 53.2 Å². The van der Waals surface area contributed by atoms with Gasteiger partial charge in [0.2, 0.25) is 0 Å². The van der Waals surface area contributed by atoms with Gasteiger partial charge in [-0.15, -0.1) is 0 Å². The molecule has 2 atom stereocenters. The lowest BCUT2D eigenvalue weighted by molar-refractivity contribution is -0.193. The molecule has 2 aromatic rings. The van der Waals surface area contributed by atoms with Crippen molar-refractivity contribution in [1.82, 2.24) is 14.8 Å². The summed E-state index contributed by atoms with van der Waals surface area (Å²) in [6, 6.07) is 8.73. The molecule has 15 heteroatoms. The smallest absolute Gasteiger partial charge is 0.475 e. The molecule has 4 heterocycles. The summed E-state index contributed by atoms with van der Waals surface area (Å²) in [5.41, 5.74) is 2.88. The number of carbonyl (C=O) groups excluding carboxylic acids is 1. The third-order valence-corrected chi connectivity index (χ3v) is 5.84. The van der Waals surface area contributed by atoms with Gasteiger partial charge in [-0.25, -0.2) is 9.59 Å². The maximum absolute atomic E-state index is 12.8. The van der Waals surface area contributed by atoms with Crippen LogP contribution in [0.1, 0.15) is 40.3 Å². The summed E-state index contributed by atoms with van der Waals surface area (Å²) in [6.07, 6.45) is -6.49. The minimum Gasteiger partial charge on any atom is -0.475 e. The summed E-state index contributed by atoms with van der Waals surface area (Å²) < 4.78 is 68.8. The normalized spacial score (nSPS) is 19.1. The van der Waals surface area contributed by atoms with Crippen LogP contribution in [-0.4, -0.2) is 80.4 Å². The number of alkyl halides is 6. The lowest BCUT2D eigenvalue weighted by atomic mass is 10.1. The number of hydrogen-bond donors (Lipinski definition) is 2. The SMILES string of the molecule is Cc1cccc(CN2CC[C@@H]3[C@@H]2CCN3C(=O)c2ccoc2C)n1.O=C(O)C(F)(F)F.O=C(O)C(F)(F)F. The quantitative estimate of drug-likeness (QED) is 0.546. The number of fused-ring (bicyclic) bond motifs is 1. The molecular formula is C23H25F6N3O6. The number of likely N-dealkylation sites (tertiary alicyclic amines) is 2. The van der Waals surface area contributed by atoms with E-state index in [2.05, 4.69) is 22.0 Å². The second-order valence-corrected chi connectivity index (χ2v) is 8.45.